The van der Waals surface area contributed by atoms with Crippen LogP contribution in [0.1, 0.15) is 12.1 Å². The van der Waals surface area contributed by atoms with Crippen molar-refractivity contribution in [3.05, 3.63) is 28.1 Å². The van der Waals surface area contributed by atoms with Gasteiger partial charge in [-0.15, -0.1) is 0 Å². The van der Waals surface area contributed by atoms with Crippen molar-refractivity contribution in [1.29, 1.82) is 0 Å². The Morgan fingerprint density at radius 2 is 2.29 bits per heavy atom. The third kappa shape index (κ3) is 1.03. The van der Waals surface area contributed by atoms with E-state index in [1.165, 1.54) is 11.8 Å². The first kappa shape index (κ1) is 8.41. The quantitative estimate of drug-likeness (QED) is 0.707. The average Bonchev–Trinajstić information content (AvgIpc) is 2.65. The highest BCUT2D eigenvalue weighted by Gasteiger charge is 2.18. The minimum Gasteiger partial charge on any atom is -0.268 e. The van der Waals surface area contributed by atoms with Crippen molar-refractivity contribution in [1.82, 2.24) is 9.78 Å². The van der Waals surface area contributed by atoms with Crippen molar-refractivity contribution in [2.24, 2.45) is 0 Å². The Bertz CT molecular complexity index is 518. The lowest BCUT2D eigenvalue weighted by Crippen LogP contribution is -1.93. The predicted molar refractivity (Wildman–Crippen MR) is 55.7 cm³/mol. The molecule has 0 radical (unpaired) electrons. The van der Waals surface area contributed by atoms with E-state index in [9.17, 15) is 4.39 Å². The van der Waals surface area contributed by atoms with Crippen LogP contribution < -0.4 is 0 Å². The second kappa shape index (κ2) is 2.79. The zero-order valence-corrected chi connectivity index (χ0v) is 9.01. The lowest BCUT2D eigenvalue weighted by Gasteiger charge is -1.94. The van der Waals surface area contributed by atoms with Crippen LogP contribution in [0.5, 0.6) is 0 Å². The number of rotatable bonds is 0. The third-order valence-electron chi connectivity index (χ3n) is 2.65. The van der Waals surface area contributed by atoms with E-state index in [0.717, 1.165) is 29.2 Å². The fraction of sp³-hybridized carbons (Fsp3) is 0.300. The number of hydrogen-bond acceptors (Lipinski definition) is 1. The summed E-state index contributed by atoms with van der Waals surface area (Å²) in [6.07, 6.45) is 2.12. The predicted octanol–water partition coefficient (Wildman–Crippen LogP) is 2.88. The summed E-state index contributed by atoms with van der Waals surface area (Å²) in [6.45, 7) is 0.918. The Labute approximate surface area is 88.8 Å². The van der Waals surface area contributed by atoms with Gasteiger partial charge in [0.15, 0.2) is 5.82 Å². The molecule has 0 aliphatic carbocycles. The van der Waals surface area contributed by atoms with Crippen LogP contribution >= 0.6 is 15.9 Å². The molecule has 0 spiro atoms. The van der Waals surface area contributed by atoms with E-state index in [1.807, 2.05) is 10.7 Å². The van der Waals surface area contributed by atoms with E-state index < -0.39 is 0 Å². The monoisotopic (exact) mass is 254 g/mol. The molecule has 0 bridgehead atoms. The number of aryl methyl sites for hydroxylation is 2. The van der Waals surface area contributed by atoms with Crippen LogP contribution in [-0.2, 0) is 13.0 Å². The molecule has 0 saturated carbocycles. The van der Waals surface area contributed by atoms with Gasteiger partial charge in [0, 0.05) is 22.1 Å². The van der Waals surface area contributed by atoms with E-state index in [1.54, 1.807) is 0 Å². The molecule has 4 heteroatoms. The maximum atomic E-state index is 13.5. The second-order valence-corrected chi connectivity index (χ2v) is 4.47. The van der Waals surface area contributed by atoms with Gasteiger partial charge in [0.25, 0.3) is 0 Å². The van der Waals surface area contributed by atoms with Crippen LogP contribution in [0.2, 0.25) is 0 Å². The van der Waals surface area contributed by atoms with Gasteiger partial charge in [0.2, 0.25) is 0 Å². The topological polar surface area (TPSA) is 17.8 Å². The number of halogens is 2. The van der Waals surface area contributed by atoms with Gasteiger partial charge in [-0.05, 0) is 25.0 Å². The molecule has 14 heavy (non-hydrogen) atoms. The van der Waals surface area contributed by atoms with Crippen LogP contribution in [0.25, 0.3) is 10.9 Å². The normalized spacial score (nSPS) is 15.0. The minimum absolute atomic E-state index is 0.240. The minimum atomic E-state index is -0.240. The maximum absolute atomic E-state index is 13.5. The van der Waals surface area contributed by atoms with E-state index >= 15 is 0 Å². The largest absolute Gasteiger partial charge is 0.268 e. The van der Waals surface area contributed by atoms with Gasteiger partial charge in [-0.3, -0.25) is 4.68 Å². The molecule has 0 atom stereocenters. The molecule has 1 aliphatic heterocycles. The van der Waals surface area contributed by atoms with Crippen molar-refractivity contribution in [2.45, 2.75) is 19.4 Å². The van der Waals surface area contributed by atoms with Gasteiger partial charge < -0.3 is 0 Å². The lowest BCUT2D eigenvalue weighted by molar-refractivity contribution is 0.621. The molecule has 2 aromatic rings. The van der Waals surface area contributed by atoms with Gasteiger partial charge in [-0.1, -0.05) is 15.9 Å². The van der Waals surface area contributed by atoms with Crippen molar-refractivity contribution in [2.75, 3.05) is 0 Å². The summed E-state index contributed by atoms with van der Waals surface area (Å²) in [5, 5.41) is 5.21. The summed E-state index contributed by atoms with van der Waals surface area (Å²) in [5.41, 5.74) is 1.67. The van der Waals surface area contributed by atoms with Crippen LogP contribution in [0.15, 0.2) is 16.6 Å². The first-order valence-electron chi connectivity index (χ1n) is 4.60. The fourth-order valence-electron chi connectivity index (χ4n) is 2.05. The van der Waals surface area contributed by atoms with Gasteiger partial charge in [-0.25, -0.2) is 4.39 Å². The maximum Gasteiger partial charge on any atom is 0.152 e. The van der Waals surface area contributed by atoms with Gasteiger partial charge in [-0.2, -0.15) is 5.10 Å². The molecular weight excluding hydrogens is 247 g/mol. The first-order valence-corrected chi connectivity index (χ1v) is 5.39. The van der Waals surface area contributed by atoms with E-state index in [2.05, 4.69) is 21.0 Å². The Morgan fingerprint density at radius 1 is 1.43 bits per heavy atom. The number of aromatic nitrogens is 2. The average molecular weight is 255 g/mol. The van der Waals surface area contributed by atoms with E-state index in [0.29, 0.717) is 5.52 Å². The molecule has 1 aromatic carbocycles. The summed E-state index contributed by atoms with van der Waals surface area (Å²) >= 11 is 3.30. The molecule has 0 saturated heterocycles. The molecule has 72 valence electrons. The Kier molecular flexibility index (Phi) is 1.68. The summed E-state index contributed by atoms with van der Waals surface area (Å²) in [4.78, 5) is 0. The van der Waals surface area contributed by atoms with Crippen molar-refractivity contribution in [3.63, 3.8) is 0 Å². The standard InChI is InChI=1S/C10H8BrFN2/c11-6-4-7-9-2-1-3-14(9)13-10(7)8(12)5-6/h4-5H,1-3H2. The molecule has 2 nitrogen and oxygen atoms in total. The van der Waals surface area contributed by atoms with Crippen molar-refractivity contribution in [3.8, 4) is 0 Å². The summed E-state index contributed by atoms with van der Waals surface area (Å²) in [7, 11) is 0. The molecule has 0 amide bonds. The Balaban J connectivity index is 2.43. The molecule has 1 aliphatic rings. The summed E-state index contributed by atoms with van der Waals surface area (Å²) in [5.74, 6) is -0.240. The van der Waals surface area contributed by atoms with Crippen molar-refractivity contribution >= 4 is 26.8 Å². The number of fused-ring (bicyclic) bond motifs is 3. The molecule has 2 heterocycles. The van der Waals surface area contributed by atoms with E-state index in [-0.39, 0.29) is 5.82 Å². The lowest BCUT2D eigenvalue weighted by atomic mass is 10.1. The highest BCUT2D eigenvalue weighted by molar-refractivity contribution is 9.10. The zero-order chi connectivity index (χ0) is 9.71. The second-order valence-electron chi connectivity index (χ2n) is 3.56. The molecular formula is C10H8BrFN2. The van der Waals surface area contributed by atoms with Gasteiger partial charge in [0.1, 0.15) is 5.52 Å². The van der Waals surface area contributed by atoms with Crippen LogP contribution in [0, 0.1) is 5.82 Å². The summed E-state index contributed by atoms with van der Waals surface area (Å²) < 4.78 is 16.2. The summed E-state index contributed by atoms with van der Waals surface area (Å²) in [6, 6.07) is 3.41. The SMILES string of the molecule is Fc1cc(Br)cc2c3n(nc12)CCC3. The Morgan fingerprint density at radius 3 is 3.14 bits per heavy atom. The molecule has 0 N–H and O–H groups in total. The zero-order valence-electron chi connectivity index (χ0n) is 7.43. The van der Waals surface area contributed by atoms with Crippen molar-refractivity contribution < 1.29 is 4.39 Å². The van der Waals surface area contributed by atoms with Crippen LogP contribution in [0.4, 0.5) is 4.39 Å². The number of hydrogen-bond donors (Lipinski definition) is 0. The number of nitrogens with zero attached hydrogens (tertiary/aromatic N) is 2. The highest BCUT2D eigenvalue weighted by Crippen LogP contribution is 2.29. The first-order chi connectivity index (χ1) is 6.75. The number of benzene rings is 1. The molecule has 0 unspecified atom stereocenters. The van der Waals surface area contributed by atoms with Gasteiger partial charge >= 0.3 is 0 Å². The molecule has 0 fully saturated rings. The highest BCUT2D eigenvalue weighted by atomic mass is 79.9. The van der Waals surface area contributed by atoms with Gasteiger partial charge in [0.05, 0.1) is 0 Å². The van der Waals surface area contributed by atoms with Crippen LogP contribution in [-0.4, -0.2) is 9.78 Å². The molecule has 3 rings (SSSR count). The third-order valence-corrected chi connectivity index (χ3v) is 3.11. The smallest absolute Gasteiger partial charge is 0.152 e. The molecule has 1 aromatic heterocycles. The van der Waals surface area contributed by atoms with Crippen LogP contribution in [0.3, 0.4) is 0 Å². The van der Waals surface area contributed by atoms with E-state index in [4.69, 9.17) is 0 Å². The Hall–Kier alpha value is -0.900. The fourth-order valence-corrected chi connectivity index (χ4v) is 2.48.